The third-order valence-electron chi connectivity index (χ3n) is 14.2. The van der Waals surface area contributed by atoms with Crippen molar-refractivity contribution < 1.29 is 28.4 Å². The lowest BCUT2D eigenvalue weighted by Gasteiger charge is -2.24. The highest BCUT2D eigenvalue weighted by Crippen LogP contribution is 2.34. The first kappa shape index (κ1) is 71.9. The first-order valence-electron chi connectivity index (χ1n) is 29.5. The molecule has 72 heavy (non-hydrogen) atoms. The number of rotatable bonds is 0. The molecule has 0 amide bonds. The second kappa shape index (κ2) is 44.6. The zero-order valence-electron chi connectivity index (χ0n) is 50.3. The molecule has 8 heterocycles. The van der Waals surface area contributed by atoms with Crippen molar-refractivity contribution in [2.75, 3.05) is 74.2 Å². The molecule has 1 aliphatic carbocycles. The summed E-state index contributed by atoms with van der Waals surface area (Å²) >= 11 is 12.6. The molecule has 0 N–H and O–H groups in total. The molecule has 6 nitrogen and oxygen atoms in total. The Morgan fingerprint density at radius 1 is 0.222 bits per heavy atom. The summed E-state index contributed by atoms with van der Waals surface area (Å²) < 4.78 is 33.2. The van der Waals surface area contributed by atoms with E-state index in [9.17, 15) is 0 Å². The molecule has 1 saturated carbocycles. The second-order valence-corrected chi connectivity index (χ2v) is 33.1. The van der Waals surface area contributed by atoms with Gasteiger partial charge in [0.2, 0.25) is 0 Å². The third kappa shape index (κ3) is 42.8. The standard InChI is InChI=1S/C8H16.2C7H14O.2C7H14S.2C6H12O2.2C6H12S2/c1-7-3-5-8(2)6-4-7;4*1-6-3-4-7(2)8-5-6;4*1-5-3-7-6(2)8-4-5/h7-8H,3-6H2,1-2H3;4*6-7H,3-5H2,1-2H3;4*5-6H,3-4H2,1-2H3. The molecule has 0 spiro atoms. The van der Waals surface area contributed by atoms with Gasteiger partial charge in [-0.2, -0.15) is 23.5 Å². The molecule has 0 bridgehead atoms. The highest BCUT2D eigenvalue weighted by molar-refractivity contribution is 8.17. The molecule has 9 fully saturated rings. The Bertz CT molecular complexity index is 780. The Morgan fingerprint density at radius 3 is 0.667 bits per heavy atom. The van der Waals surface area contributed by atoms with Gasteiger partial charge >= 0.3 is 0 Å². The zero-order valence-corrected chi connectivity index (χ0v) is 55.2. The van der Waals surface area contributed by atoms with Crippen molar-refractivity contribution >= 4 is 70.6 Å². The van der Waals surface area contributed by atoms with Gasteiger partial charge in [-0.1, -0.05) is 109 Å². The number of hydrogen-bond donors (Lipinski definition) is 0. The molecule has 0 aromatic heterocycles. The Balaban J connectivity index is 0.000000405. The summed E-state index contributed by atoms with van der Waals surface area (Å²) in [5, 5.41) is 1.87. The minimum absolute atomic E-state index is 0.0196. The molecule has 8 saturated heterocycles. The molecular weight excluding hydrogens is 1010 g/mol. The normalized spacial score (nSPS) is 39.8. The predicted octanol–water partition coefficient (Wildman–Crippen LogP) is 18.5. The molecule has 9 aliphatic rings. The monoisotopic (exact) mass is 1130 g/mol. The number of ether oxygens (including phenoxy) is 6. The number of hydrogen-bond acceptors (Lipinski definition) is 12. The van der Waals surface area contributed by atoms with Gasteiger partial charge in [0.1, 0.15) is 0 Å². The van der Waals surface area contributed by atoms with Gasteiger partial charge in [0.05, 0.1) is 38.6 Å². The van der Waals surface area contributed by atoms with E-state index < -0.39 is 0 Å². The first-order valence-corrected chi connectivity index (χ1v) is 35.8. The smallest absolute Gasteiger partial charge is 0.154 e. The van der Waals surface area contributed by atoms with E-state index in [-0.39, 0.29) is 12.6 Å². The SMILES string of the molecule is CC1CCC(C)CC1.CC1CCC(C)OC1.CC1CCC(C)OC1.CC1CCC(C)SC1.CC1CCC(C)SC1.CC1COC(C)OC1.CC1COC(C)OC1.CC1CSC(C)SC1.CC1CSC(C)SC1. The molecule has 0 radical (unpaired) electrons. The van der Waals surface area contributed by atoms with E-state index in [1.54, 1.807) is 0 Å². The molecule has 0 aromatic rings. The molecular formula is C60H120O6S6. The molecule has 9 rings (SSSR count). The van der Waals surface area contributed by atoms with Crippen LogP contribution in [-0.4, -0.2) is 119 Å². The summed E-state index contributed by atoms with van der Waals surface area (Å²) in [6.45, 7) is 45.5. The lowest BCUT2D eigenvalue weighted by Crippen LogP contribution is -2.27. The first-order chi connectivity index (χ1) is 34.1. The van der Waals surface area contributed by atoms with E-state index in [4.69, 9.17) is 28.4 Å². The maximum atomic E-state index is 5.39. The van der Waals surface area contributed by atoms with Crippen molar-refractivity contribution in [3.8, 4) is 0 Å². The third-order valence-corrected chi connectivity index (χ3v) is 23.8. The fourth-order valence-electron chi connectivity index (χ4n) is 8.27. The highest BCUT2D eigenvalue weighted by atomic mass is 32.2. The molecule has 8 unspecified atom stereocenters. The Hall–Kier alpha value is 1.86. The summed E-state index contributed by atoms with van der Waals surface area (Å²) in [5.74, 6) is 16.9. The van der Waals surface area contributed by atoms with Gasteiger partial charge < -0.3 is 28.4 Å². The van der Waals surface area contributed by atoms with Crippen LogP contribution in [0.5, 0.6) is 0 Å². The van der Waals surface area contributed by atoms with Gasteiger partial charge in [-0.15, -0.1) is 47.0 Å². The maximum absolute atomic E-state index is 5.39. The van der Waals surface area contributed by atoms with E-state index >= 15 is 0 Å². The topological polar surface area (TPSA) is 55.4 Å². The van der Waals surface area contributed by atoms with Crippen LogP contribution in [0.15, 0.2) is 0 Å². The summed E-state index contributed by atoms with van der Waals surface area (Å²) in [7, 11) is 0. The van der Waals surface area contributed by atoms with Crippen LogP contribution in [-0.2, 0) is 28.4 Å². The summed E-state index contributed by atoms with van der Waals surface area (Å²) in [6, 6.07) is 0. The van der Waals surface area contributed by atoms with Crippen molar-refractivity contribution in [2.24, 2.45) is 59.2 Å². The van der Waals surface area contributed by atoms with E-state index in [1.165, 1.54) is 112 Å². The summed E-state index contributed by atoms with van der Waals surface area (Å²) in [4.78, 5) is 0. The van der Waals surface area contributed by atoms with Crippen molar-refractivity contribution in [2.45, 2.75) is 246 Å². The highest BCUT2D eigenvalue weighted by Gasteiger charge is 2.19. The average Bonchev–Trinajstić information content (AvgIpc) is 3.36. The van der Waals surface area contributed by atoms with Crippen molar-refractivity contribution in [3.05, 3.63) is 0 Å². The number of thioether (sulfide) groups is 6. The molecule has 8 aliphatic heterocycles. The molecule has 12 heteroatoms. The lowest BCUT2D eigenvalue weighted by atomic mass is 9.84. The largest absolute Gasteiger partial charge is 0.378 e. The Kier molecular flexibility index (Phi) is 44.5. The van der Waals surface area contributed by atoms with Crippen LogP contribution in [0.1, 0.15) is 202 Å². The second-order valence-electron chi connectivity index (χ2n) is 24.0. The van der Waals surface area contributed by atoms with Crippen LogP contribution in [0.2, 0.25) is 0 Å². The van der Waals surface area contributed by atoms with Crippen LogP contribution in [0.4, 0.5) is 0 Å². The van der Waals surface area contributed by atoms with Gasteiger partial charge in [0.25, 0.3) is 0 Å². The maximum Gasteiger partial charge on any atom is 0.154 e. The van der Waals surface area contributed by atoms with Gasteiger partial charge in [-0.05, 0) is 175 Å². The Labute approximate surface area is 475 Å². The van der Waals surface area contributed by atoms with Crippen LogP contribution in [0, 0.1) is 59.2 Å². The van der Waals surface area contributed by atoms with E-state index in [1.807, 2.05) is 13.8 Å². The van der Waals surface area contributed by atoms with Crippen LogP contribution >= 0.6 is 70.6 Å². The van der Waals surface area contributed by atoms with Crippen LogP contribution in [0.3, 0.4) is 0 Å². The summed E-state index contributed by atoms with van der Waals surface area (Å²) in [6.07, 6.45) is 17.9. The fraction of sp³-hybridized carbons (Fsp3) is 1.00. The van der Waals surface area contributed by atoms with Gasteiger partial charge in [0.15, 0.2) is 12.6 Å². The van der Waals surface area contributed by atoms with Crippen LogP contribution in [0.25, 0.3) is 0 Å². The van der Waals surface area contributed by atoms with Crippen molar-refractivity contribution in [3.63, 3.8) is 0 Å². The van der Waals surface area contributed by atoms with E-state index in [2.05, 4.69) is 181 Å². The van der Waals surface area contributed by atoms with Crippen molar-refractivity contribution in [1.29, 1.82) is 0 Å². The molecule has 8 atom stereocenters. The fourth-order valence-corrected chi connectivity index (χ4v) is 15.4. The quantitative estimate of drug-likeness (QED) is 0.232. The van der Waals surface area contributed by atoms with E-state index in [0.29, 0.717) is 24.0 Å². The van der Waals surface area contributed by atoms with Crippen molar-refractivity contribution in [1.82, 2.24) is 0 Å². The lowest BCUT2D eigenvalue weighted by molar-refractivity contribution is -0.187. The minimum Gasteiger partial charge on any atom is -0.378 e. The predicted molar refractivity (Wildman–Crippen MR) is 333 cm³/mol. The summed E-state index contributed by atoms with van der Waals surface area (Å²) in [5.41, 5.74) is 0. The van der Waals surface area contributed by atoms with E-state index in [0.717, 1.165) is 107 Å². The Morgan fingerprint density at radius 2 is 0.472 bits per heavy atom. The minimum atomic E-state index is 0.0196. The zero-order chi connectivity index (χ0) is 53.8. The van der Waals surface area contributed by atoms with Gasteiger partial charge in [-0.3, -0.25) is 0 Å². The average molecular weight is 1130 g/mol. The molecule has 432 valence electrons. The van der Waals surface area contributed by atoms with Gasteiger partial charge in [-0.25, -0.2) is 0 Å². The van der Waals surface area contributed by atoms with Crippen LogP contribution < -0.4 is 0 Å². The van der Waals surface area contributed by atoms with Gasteiger partial charge in [0, 0.05) is 44.7 Å². The molecule has 0 aromatic carbocycles.